The van der Waals surface area contributed by atoms with Crippen molar-refractivity contribution in [2.24, 2.45) is 0 Å². The first kappa shape index (κ1) is 10.6. The third-order valence-electron chi connectivity index (χ3n) is 2.90. The van der Waals surface area contributed by atoms with Crippen LogP contribution in [0, 0.1) is 12.1 Å². The molecule has 0 bridgehead atoms. The Morgan fingerprint density at radius 3 is 2.78 bits per heavy atom. The Morgan fingerprint density at radius 1 is 1.22 bits per heavy atom. The van der Waals surface area contributed by atoms with E-state index in [9.17, 15) is 14.8 Å². The van der Waals surface area contributed by atoms with Crippen molar-refractivity contribution >= 4 is 11.6 Å². The van der Waals surface area contributed by atoms with Crippen LogP contribution in [0.4, 0.5) is 0 Å². The van der Waals surface area contributed by atoms with Gasteiger partial charge in [0.25, 0.3) is 11.5 Å². The van der Waals surface area contributed by atoms with Crippen LogP contribution in [0.15, 0.2) is 30.6 Å². The molecule has 18 heavy (non-hydrogen) atoms. The second kappa shape index (κ2) is 3.46. The summed E-state index contributed by atoms with van der Waals surface area (Å²) in [6, 6.07) is 4.49. The predicted molar refractivity (Wildman–Crippen MR) is 61.2 cm³/mol. The number of nitrogens with zero attached hydrogens (tertiary/aromatic N) is 2. The van der Waals surface area contributed by atoms with Crippen molar-refractivity contribution in [2.75, 3.05) is 0 Å². The van der Waals surface area contributed by atoms with Crippen molar-refractivity contribution in [1.82, 2.24) is 4.98 Å². The number of aromatic nitrogens is 2. The number of carbonyl (C=O) groups is 2. The Labute approximate surface area is 102 Å². The van der Waals surface area contributed by atoms with E-state index < -0.39 is 5.78 Å². The molecule has 0 radical (unpaired) electrons. The van der Waals surface area contributed by atoms with Crippen molar-refractivity contribution < 1.29 is 14.3 Å². The number of hydrogen-bond acceptors (Lipinski definition) is 4. The van der Waals surface area contributed by atoms with Gasteiger partial charge in [-0.05, 0) is 24.6 Å². The summed E-state index contributed by atoms with van der Waals surface area (Å²) in [6.07, 6.45) is 2.74. The molecule has 0 aromatic carbocycles. The highest BCUT2D eigenvalue weighted by atomic mass is 16.5. The molecule has 0 aliphatic heterocycles. The molecule has 0 amide bonds. The second-order valence-corrected chi connectivity index (χ2v) is 4.16. The van der Waals surface area contributed by atoms with Gasteiger partial charge in [0.15, 0.2) is 6.20 Å². The lowest BCUT2D eigenvalue weighted by Gasteiger charge is -2.15. The van der Waals surface area contributed by atoms with Crippen molar-refractivity contribution in [1.29, 1.82) is 0 Å². The smallest absolute Gasteiger partial charge is 0.276 e. The molecule has 88 valence electrons. The molecular formula is C13H8N2O3. The quantitative estimate of drug-likeness (QED) is 0.430. The van der Waals surface area contributed by atoms with Crippen molar-refractivity contribution in [3.8, 4) is 0 Å². The molecule has 0 saturated heterocycles. The van der Waals surface area contributed by atoms with Crippen LogP contribution >= 0.6 is 0 Å². The van der Waals surface area contributed by atoms with Gasteiger partial charge in [-0.15, -0.1) is 0 Å². The van der Waals surface area contributed by atoms with Gasteiger partial charge < -0.3 is 5.21 Å². The van der Waals surface area contributed by atoms with Crippen LogP contribution in [0.25, 0.3) is 0 Å². The van der Waals surface area contributed by atoms with E-state index in [-0.39, 0.29) is 28.3 Å². The first-order chi connectivity index (χ1) is 8.59. The molecule has 2 aromatic rings. The molecule has 2 aromatic heterocycles. The van der Waals surface area contributed by atoms with E-state index in [0.29, 0.717) is 4.73 Å². The molecular weight excluding hydrogens is 232 g/mol. The Morgan fingerprint density at radius 2 is 2.00 bits per heavy atom. The fourth-order valence-electron chi connectivity index (χ4n) is 2.07. The zero-order valence-electron chi connectivity index (χ0n) is 9.51. The molecule has 5 heteroatoms. The summed E-state index contributed by atoms with van der Waals surface area (Å²) >= 11 is 0. The van der Waals surface area contributed by atoms with Crippen LogP contribution in [-0.2, 0) is 0 Å². The predicted octanol–water partition coefficient (Wildman–Crippen LogP) is 0.799. The first-order valence-corrected chi connectivity index (χ1v) is 5.38. The van der Waals surface area contributed by atoms with Gasteiger partial charge in [-0.1, -0.05) is 0 Å². The molecule has 0 atom stereocenters. The van der Waals surface area contributed by atoms with Gasteiger partial charge in [0.05, 0.1) is 5.56 Å². The normalized spacial score (nSPS) is 13.2. The monoisotopic (exact) mass is 240 g/mol. The standard InChI is InChI=1S/C13H8N2O3/c1-7-5-9-10(14-6-7)12(16)8-3-2-4-15(18)11(8)13(9)17/h2-6H,1H3. The van der Waals surface area contributed by atoms with E-state index in [1.54, 1.807) is 13.0 Å². The molecule has 0 unspecified atom stereocenters. The lowest BCUT2D eigenvalue weighted by molar-refractivity contribution is -0.607. The van der Waals surface area contributed by atoms with E-state index in [4.69, 9.17) is 0 Å². The molecule has 1 aliphatic carbocycles. The summed E-state index contributed by atoms with van der Waals surface area (Å²) < 4.78 is 0.431. The number of carbonyl (C=O) groups excluding carboxylic acids is 2. The Kier molecular flexibility index (Phi) is 2.04. The summed E-state index contributed by atoms with van der Waals surface area (Å²) in [7, 11) is 0. The van der Waals surface area contributed by atoms with Crippen LogP contribution in [0.2, 0.25) is 0 Å². The van der Waals surface area contributed by atoms with E-state index in [1.807, 2.05) is 0 Å². The van der Waals surface area contributed by atoms with Crippen LogP contribution < -0.4 is 4.73 Å². The van der Waals surface area contributed by atoms with Gasteiger partial charge in [-0.2, -0.15) is 4.73 Å². The zero-order chi connectivity index (χ0) is 12.9. The number of aryl methyl sites for hydroxylation is 1. The maximum atomic E-state index is 12.2. The Bertz CT molecular complexity index is 707. The maximum Gasteiger partial charge on any atom is 0.276 e. The van der Waals surface area contributed by atoms with Gasteiger partial charge >= 0.3 is 0 Å². The number of fused-ring (bicyclic) bond motifs is 2. The molecule has 2 heterocycles. The number of ketones is 2. The highest BCUT2D eigenvalue weighted by Gasteiger charge is 2.36. The summed E-state index contributed by atoms with van der Waals surface area (Å²) in [5.74, 6) is -0.837. The molecule has 0 N–H and O–H groups in total. The minimum absolute atomic E-state index is 0.112. The summed E-state index contributed by atoms with van der Waals surface area (Å²) in [4.78, 5) is 28.4. The van der Waals surface area contributed by atoms with Gasteiger partial charge in [-0.25, -0.2) is 0 Å². The van der Waals surface area contributed by atoms with Gasteiger partial charge in [0.1, 0.15) is 11.3 Å². The van der Waals surface area contributed by atoms with E-state index in [2.05, 4.69) is 4.98 Å². The Balaban J connectivity index is 2.36. The topological polar surface area (TPSA) is 74.0 Å². The van der Waals surface area contributed by atoms with Crippen molar-refractivity contribution in [2.45, 2.75) is 6.92 Å². The Hall–Kier alpha value is -2.56. The fourth-order valence-corrected chi connectivity index (χ4v) is 2.07. The van der Waals surface area contributed by atoms with Gasteiger partial charge in [-0.3, -0.25) is 14.6 Å². The largest absolute Gasteiger partial charge is 0.618 e. The van der Waals surface area contributed by atoms with Crippen LogP contribution in [-0.4, -0.2) is 16.6 Å². The van der Waals surface area contributed by atoms with Crippen LogP contribution in [0.1, 0.15) is 37.7 Å². The molecule has 0 spiro atoms. The lowest BCUT2D eigenvalue weighted by atomic mass is 9.90. The van der Waals surface area contributed by atoms with Crippen LogP contribution in [0.3, 0.4) is 0 Å². The van der Waals surface area contributed by atoms with Gasteiger partial charge in [0.2, 0.25) is 5.78 Å². The minimum Gasteiger partial charge on any atom is -0.618 e. The van der Waals surface area contributed by atoms with Crippen molar-refractivity contribution in [3.05, 3.63) is 63.9 Å². The SMILES string of the molecule is Cc1cnc2c(c1)C(=O)c1c(ccc[n+]1[O-])C2=O. The van der Waals surface area contributed by atoms with E-state index >= 15 is 0 Å². The van der Waals surface area contributed by atoms with E-state index in [1.165, 1.54) is 24.5 Å². The third-order valence-corrected chi connectivity index (χ3v) is 2.90. The fraction of sp³-hybridized carbons (Fsp3) is 0.0769. The average Bonchev–Trinajstić information content (AvgIpc) is 2.35. The second-order valence-electron chi connectivity index (χ2n) is 4.16. The van der Waals surface area contributed by atoms with Crippen LogP contribution in [0.5, 0.6) is 0 Å². The highest BCUT2D eigenvalue weighted by Crippen LogP contribution is 2.23. The minimum atomic E-state index is -0.452. The van der Waals surface area contributed by atoms with E-state index in [0.717, 1.165) is 5.56 Å². The summed E-state index contributed by atoms with van der Waals surface area (Å²) in [5, 5.41) is 11.6. The lowest BCUT2D eigenvalue weighted by Crippen LogP contribution is -2.40. The molecule has 3 rings (SSSR count). The van der Waals surface area contributed by atoms with Gasteiger partial charge in [0, 0.05) is 12.3 Å². The summed E-state index contributed by atoms with van der Waals surface area (Å²) in [6.45, 7) is 1.77. The third kappa shape index (κ3) is 1.27. The number of rotatable bonds is 0. The van der Waals surface area contributed by atoms with Crippen molar-refractivity contribution in [3.63, 3.8) is 0 Å². The molecule has 1 aliphatic rings. The number of pyridine rings is 2. The number of hydrogen-bond donors (Lipinski definition) is 0. The molecule has 5 nitrogen and oxygen atoms in total. The highest BCUT2D eigenvalue weighted by molar-refractivity contribution is 6.26. The molecule has 0 saturated carbocycles. The molecule has 0 fully saturated rings. The average molecular weight is 240 g/mol. The zero-order valence-corrected chi connectivity index (χ0v) is 9.51. The first-order valence-electron chi connectivity index (χ1n) is 5.38. The summed E-state index contributed by atoms with van der Waals surface area (Å²) in [5.41, 5.74) is 1.07. The maximum absolute atomic E-state index is 12.2.